The minimum atomic E-state index is -4.16. The SMILES string of the molecule is C[C@@H]1C(C(F)(F)F)CCN1C#N. The Kier molecular flexibility index (Phi) is 2.18. The molecule has 1 fully saturated rings. The fourth-order valence-corrected chi connectivity index (χ4v) is 1.52. The summed E-state index contributed by atoms with van der Waals surface area (Å²) < 4.78 is 36.6. The van der Waals surface area contributed by atoms with Gasteiger partial charge in [-0.25, -0.2) is 0 Å². The third kappa shape index (κ3) is 1.47. The number of nitrogens with zero attached hydrogens (tertiary/aromatic N) is 2. The van der Waals surface area contributed by atoms with E-state index in [2.05, 4.69) is 0 Å². The minimum Gasteiger partial charge on any atom is -0.307 e. The number of alkyl halides is 3. The van der Waals surface area contributed by atoms with E-state index in [0.717, 1.165) is 0 Å². The van der Waals surface area contributed by atoms with E-state index < -0.39 is 18.1 Å². The highest BCUT2D eigenvalue weighted by Gasteiger charge is 2.48. The van der Waals surface area contributed by atoms with E-state index in [1.807, 2.05) is 0 Å². The van der Waals surface area contributed by atoms with Crippen LogP contribution in [0.1, 0.15) is 13.3 Å². The molecule has 0 saturated carbocycles. The zero-order chi connectivity index (χ0) is 9.35. The Morgan fingerprint density at radius 1 is 1.50 bits per heavy atom. The molecule has 0 amide bonds. The van der Waals surface area contributed by atoms with Crippen molar-refractivity contribution < 1.29 is 13.2 Å². The summed E-state index contributed by atoms with van der Waals surface area (Å²) in [6, 6.07) is -0.699. The molecule has 1 aliphatic heterocycles. The first-order valence-electron chi connectivity index (χ1n) is 3.70. The maximum atomic E-state index is 12.2. The quantitative estimate of drug-likeness (QED) is 0.528. The Hall–Kier alpha value is -0.920. The van der Waals surface area contributed by atoms with Crippen molar-refractivity contribution in [2.24, 2.45) is 5.92 Å². The van der Waals surface area contributed by atoms with Gasteiger partial charge < -0.3 is 4.90 Å². The molecule has 1 saturated heterocycles. The van der Waals surface area contributed by atoms with Crippen molar-refractivity contribution in [3.63, 3.8) is 0 Å². The van der Waals surface area contributed by atoms with Gasteiger partial charge in [-0.2, -0.15) is 18.4 Å². The van der Waals surface area contributed by atoms with E-state index in [1.165, 1.54) is 11.8 Å². The lowest BCUT2D eigenvalue weighted by molar-refractivity contribution is -0.177. The molecule has 1 unspecified atom stereocenters. The van der Waals surface area contributed by atoms with Crippen LogP contribution in [0.15, 0.2) is 0 Å². The predicted octanol–water partition coefficient (Wildman–Crippen LogP) is 1.74. The Balaban J connectivity index is 2.68. The molecule has 1 rings (SSSR count). The number of hydrogen-bond acceptors (Lipinski definition) is 2. The standard InChI is InChI=1S/C7H9F3N2/c1-5-6(7(8,9)10)2-3-12(5)4-11/h5-6H,2-3H2,1H3/t5-,6?/m1/s1. The number of halogens is 3. The van der Waals surface area contributed by atoms with E-state index in [4.69, 9.17) is 5.26 Å². The van der Waals surface area contributed by atoms with Gasteiger partial charge >= 0.3 is 6.18 Å². The number of hydrogen-bond donors (Lipinski definition) is 0. The van der Waals surface area contributed by atoms with Crippen LogP contribution in [0, 0.1) is 17.4 Å². The van der Waals surface area contributed by atoms with Gasteiger partial charge in [0, 0.05) is 12.6 Å². The summed E-state index contributed by atoms with van der Waals surface area (Å²) >= 11 is 0. The Morgan fingerprint density at radius 2 is 2.08 bits per heavy atom. The predicted molar refractivity (Wildman–Crippen MR) is 35.9 cm³/mol. The first-order chi connectivity index (χ1) is 5.46. The summed E-state index contributed by atoms with van der Waals surface area (Å²) in [5, 5.41) is 8.43. The maximum absolute atomic E-state index is 12.2. The highest BCUT2D eigenvalue weighted by atomic mass is 19.4. The molecule has 1 aliphatic rings. The fourth-order valence-electron chi connectivity index (χ4n) is 1.52. The van der Waals surface area contributed by atoms with Crippen molar-refractivity contribution in [3.8, 4) is 6.19 Å². The molecule has 12 heavy (non-hydrogen) atoms. The lowest BCUT2D eigenvalue weighted by atomic mass is 10.0. The van der Waals surface area contributed by atoms with Crippen molar-refractivity contribution in [3.05, 3.63) is 0 Å². The summed E-state index contributed by atoms with van der Waals surface area (Å²) in [5.74, 6) is -1.34. The summed E-state index contributed by atoms with van der Waals surface area (Å²) in [6.07, 6.45) is -2.37. The van der Waals surface area contributed by atoms with Gasteiger partial charge in [-0.15, -0.1) is 0 Å². The third-order valence-corrected chi connectivity index (χ3v) is 2.30. The van der Waals surface area contributed by atoms with Crippen molar-refractivity contribution in [2.45, 2.75) is 25.6 Å². The summed E-state index contributed by atoms with van der Waals surface area (Å²) in [5.41, 5.74) is 0. The van der Waals surface area contributed by atoms with Crippen LogP contribution >= 0.6 is 0 Å². The monoisotopic (exact) mass is 178 g/mol. The number of nitriles is 1. The second kappa shape index (κ2) is 2.85. The summed E-state index contributed by atoms with van der Waals surface area (Å²) in [4.78, 5) is 1.18. The molecule has 2 atom stereocenters. The van der Waals surface area contributed by atoms with Gasteiger partial charge in [-0.1, -0.05) is 0 Å². The van der Waals surface area contributed by atoms with Gasteiger partial charge in [0.05, 0.1) is 5.92 Å². The van der Waals surface area contributed by atoms with E-state index >= 15 is 0 Å². The third-order valence-electron chi connectivity index (χ3n) is 2.30. The number of rotatable bonds is 0. The minimum absolute atomic E-state index is 0.0399. The van der Waals surface area contributed by atoms with Gasteiger partial charge in [-0.3, -0.25) is 0 Å². The van der Waals surface area contributed by atoms with E-state index in [0.29, 0.717) is 0 Å². The molecule has 0 aromatic carbocycles. The molecule has 0 aromatic rings. The maximum Gasteiger partial charge on any atom is 0.393 e. The Labute approximate surface area is 68.6 Å². The summed E-state index contributed by atoms with van der Waals surface area (Å²) in [7, 11) is 0. The largest absolute Gasteiger partial charge is 0.393 e. The van der Waals surface area contributed by atoms with Gasteiger partial charge in [0.15, 0.2) is 6.19 Å². The van der Waals surface area contributed by atoms with Gasteiger partial charge in [0.1, 0.15) is 0 Å². The first kappa shape index (κ1) is 9.17. The van der Waals surface area contributed by atoms with Crippen LogP contribution in [-0.2, 0) is 0 Å². The van der Waals surface area contributed by atoms with E-state index in [9.17, 15) is 13.2 Å². The molecule has 0 aliphatic carbocycles. The Bertz CT molecular complexity index is 206. The molecule has 68 valence electrons. The molecule has 2 nitrogen and oxygen atoms in total. The second-order valence-electron chi connectivity index (χ2n) is 2.97. The number of likely N-dealkylation sites (tertiary alicyclic amines) is 1. The lowest BCUT2D eigenvalue weighted by Crippen LogP contribution is -2.33. The van der Waals surface area contributed by atoms with Crippen molar-refractivity contribution in [1.29, 1.82) is 5.26 Å². The average Bonchev–Trinajstić information content (AvgIpc) is 2.29. The smallest absolute Gasteiger partial charge is 0.307 e. The zero-order valence-electron chi connectivity index (χ0n) is 6.60. The van der Waals surface area contributed by atoms with Crippen LogP contribution in [0.4, 0.5) is 13.2 Å². The van der Waals surface area contributed by atoms with Crippen LogP contribution in [0.25, 0.3) is 0 Å². The molecule has 0 N–H and O–H groups in total. The highest BCUT2D eigenvalue weighted by molar-refractivity contribution is 4.93. The molecule has 0 radical (unpaired) electrons. The topological polar surface area (TPSA) is 27.0 Å². The van der Waals surface area contributed by atoms with Gasteiger partial charge in [0.2, 0.25) is 0 Å². The molecule has 0 bridgehead atoms. The van der Waals surface area contributed by atoms with E-state index in [1.54, 1.807) is 6.19 Å². The highest BCUT2D eigenvalue weighted by Crippen LogP contribution is 2.37. The fraction of sp³-hybridized carbons (Fsp3) is 0.857. The average molecular weight is 178 g/mol. The molecule has 5 heteroatoms. The first-order valence-corrected chi connectivity index (χ1v) is 3.70. The zero-order valence-corrected chi connectivity index (χ0v) is 6.60. The van der Waals surface area contributed by atoms with Gasteiger partial charge in [0.25, 0.3) is 0 Å². The molecule has 0 spiro atoms. The van der Waals surface area contributed by atoms with Crippen LogP contribution in [0.3, 0.4) is 0 Å². The van der Waals surface area contributed by atoms with Crippen LogP contribution in [0.5, 0.6) is 0 Å². The van der Waals surface area contributed by atoms with E-state index in [-0.39, 0.29) is 13.0 Å². The second-order valence-corrected chi connectivity index (χ2v) is 2.97. The molecular weight excluding hydrogens is 169 g/mol. The molecule has 0 aromatic heterocycles. The Morgan fingerprint density at radius 3 is 2.33 bits per heavy atom. The van der Waals surface area contributed by atoms with Crippen LogP contribution in [-0.4, -0.2) is 23.7 Å². The lowest BCUT2D eigenvalue weighted by Gasteiger charge is -2.21. The van der Waals surface area contributed by atoms with Crippen molar-refractivity contribution in [2.75, 3.05) is 6.54 Å². The summed E-state index contributed by atoms with van der Waals surface area (Å²) in [6.45, 7) is 1.66. The molecule has 1 heterocycles. The van der Waals surface area contributed by atoms with Crippen LogP contribution < -0.4 is 0 Å². The molecular formula is C7H9F3N2. The van der Waals surface area contributed by atoms with Gasteiger partial charge in [-0.05, 0) is 13.3 Å². The van der Waals surface area contributed by atoms with Crippen molar-refractivity contribution in [1.82, 2.24) is 4.90 Å². The van der Waals surface area contributed by atoms with Crippen LogP contribution in [0.2, 0.25) is 0 Å². The van der Waals surface area contributed by atoms with Crippen molar-refractivity contribution >= 4 is 0 Å². The normalized spacial score (nSPS) is 30.4.